The minimum Gasteiger partial charge on any atom is -0.316 e. The Balaban J connectivity index is 1.95. The molecule has 2 aromatic carbocycles. The van der Waals surface area contributed by atoms with E-state index in [-0.39, 0.29) is 6.04 Å². The van der Waals surface area contributed by atoms with Gasteiger partial charge in [0, 0.05) is 16.8 Å². The summed E-state index contributed by atoms with van der Waals surface area (Å²) in [6.07, 6.45) is -4.37. The Kier molecular flexibility index (Phi) is 5.02. The first-order chi connectivity index (χ1) is 11.8. The van der Waals surface area contributed by atoms with Crippen molar-refractivity contribution in [3.63, 3.8) is 0 Å². The summed E-state index contributed by atoms with van der Waals surface area (Å²) >= 11 is 7.39. The first kappa shape index (κ1) is 18.1. The van der Waals surface area contributed by atoms with Crippen molar-refractivity contribution in [3.05, 3.63) is 58.6 Å². The van der Waals surface area contributed by atoms with Gasteiger partial charge in [-0.25, -0.2) is 4.98 Å². The second-order valence-corrected chi connectivity index (χ2v) is 7.35. The highest BCUT2D eigenvalue weighted by Crippen LogP contribution is 2.34. The minimum atomic E-state index is -4.37. The van der Waals surface area contributed by atoms with Crippen LogP contribution in [-0.4, -0.2) is 9.55 Å². The van der Waals surface area contributed by atoms with E-state index in [4.69, 9.17) is 11.6 Å². The number of alkyl halides is 3. The van der Waals surface area contributed by atoms with E-state index in [9.17, 15) is 13.2 Å². The van der Waals surface area contributed by atoms with Crippen molar-refractivity contribution in [2.24, 2.45) is 0 Å². The average Bonchev–Trinajstić information content (AvgIpc) is 2.91. The zero-order chi connectivity index (χ0) is 18.2. The fourth-order valence-electron chi connectivity index (χ4n) is 2.58. The Bertz CT molecular complexity index is 886. The molecule has 1 aromatic heterocycles. The van der Waals surface area contributed by atoms with Gasteiger partial charge in [-0.2, -0.15) is 13.2 Å². The molecule has 1 heterocycles. The highest BCUT2D eigenvalue weighted by Gasteiger charge is 2.31. The van der Waals surface area contributed by atoms with Gasteiger partial charge in [0.15, 0.2) is 5.16 Å². The maximum Gasteiger partial charge on any atom is 0.416 e. The number of hydrogen-bond acceptors (Lipinski definition) is 2. The summed E-state index contributed by atoms with van der Waals surface area (Å²) < 4.78 is 40.8. The molecule has 0 aliphatic heterocycles. The molecule has 0 saturated heterocycles. The summed E-state index contributed by atoms with van der Waals surface area (Å²) in [7, 11) is 0. The maximum atomic E-state index is 12.9. The van der Waals surface area contributed by atoms with Gasteiger partial charge < -0.3 is 4.57 Å². The van der Waals surface area contributed by atoms with Crippen LogP contribution in [0.4, 0.5) is 13.2 Å². The van der Waals surface area contributed by atoms with E-state index in [1.807, 2.05) is 42.7 Å². The van der Waals surface area contributed by atoms with Crippen LogP contribution in [0.2, 0.25) is 5.02 Å². The van der Waals surface area contributed by atoms with Crippen LogP contribution >= 0.6 is 23.4 Å². The second kappa shape index (κ2) is 6.92. The van der Waals surface area contributed by atoms with Gasteiger partial charge >= 0.3 is 6.18 Å². The molecule has 0 saturated carbocycles. The number of fused-ring (bicyclic) bond motifs is 1. The van der Waals surface area contributed by atoms with Gasteiger partial charge in [-0.1, -0.05) is 35.5 Å². The third kappa shape index (κ3) is 3.96. The molecule has 3 rings (SSSR count). The number of nitrogens with zero attached hydrogens (tertiary/aromatic N) is 2. The number of rotatable bonds is 4. The molecule has 0 aliphatic rings. The van der Waals surface area contributed by atoms with Crippen LogP contribution < -0.4 is 0 Å². The highest BCUT2D eigenvalue weighted by atomic mass is 35.5. The van der Waals surface area contributed by atoms with Crippen molar-refractivity contribution in [2.45, 2.75) is 37.0 Å². The normalized spacial score (nSPS) is 12.3. The summed E-state index contributed by atoms with van der Waals surface area (Å²) in [5, 5.41) is 1.38. The lowest BCUT2D eigenvalue weighted by Gasteiger charge is -2.13. The van der Waals surface area contributed by atoms with Gasteiger partial charge in [-0.05, 0) is 49.7 Å². The largest absolute Gasteiger partial charge is 0.416 e. The van der Waals surface area contributed by atoms with Crippen molar-refractivity contribution in [2.75, 3.05) is 0 Å². The molecule has 0 fully saturated rings. The van der Waals surface area contributed by atoms with Crippen LogP contribution in [0.1, 0.15) is 31.0 Å². The molecular formula is C18H16ClF3N2S. The lowest BCUT2D eigenvalue weighted by Crippen LogP contribution is -2.05. The van der Waals surface area contributed by atoms with Crippen molar-refractivity contribution in [1.82, 2.24) is 9.55 Å². The SMILES string of the molecule is CC(C)n1c(SCc2ccc(Cl)cc2)nc2cc(C(F)(F)F)ccc21. The Labute approximate surface area is 153 Å². The van der Waals surface area contributed by atoms with Gasteiger partial charge in [0.2, 0.25) is 0 Å². The van der Waals surface area contributed by atoms with E-state index in [2.05, 4.69) is 4.98 Å². The van der Waals surface area contributed by atoms with Crippen molar-refractivity contribution in [3.8, 4) is 0 Å². The molecule has 25 heavy (non-hydrogen) atoms. The molecule has 7 heteroatoms. The molecule has 0 radical (unpaired) electrons. The van der Waals surface area contributed by atoms with Crippen molar-refractivity contribution in [1.29, 1.82) is 0 Å². The average molecular weight is 385 g/mol. The minimum absolute atomic E-state index is 0.0921. The molecule has 132 valence electrons. The number of hydrogen-bond donors (Lipinski definition) is 0. The first-order valence-electron chi connectivity index (χ1n) is 7.72. The molecule has 0 N–H and O–H groups in total. The molecule has 2 nitrogen and oxygen atoms in total. The predicted octanol–water partition coefficient (Wildman–Crippen LogP) is 6.58. The molecule has 0 amide bonds. The highest BCUT2D eigenvalue weighted by molar-refractivity contribution is 7.98. The molecule has 3 aromatic rings. The lowest BCUT2D eigenvalue weighted by molar-refractivity contribution is -0.137. The molecule has 0 atom stereocenters. The van der Waals surface area contributed by atoms with E-state index >= 15 is 0 Å². The van der Waals surface area contributed by atoms with E-state index in [0.717, 1.165) is 17.7 Å². The topological polar surface area (TPSA) is 17.8 Å². The van der Waals surface area contributed by atoms with Crippen molar-refractivity contribution >= 4 is 34.4 Å². The summed E-state index contributed by atoms with van der Waals surface area (Å²) in [5.41, 5.74) is 1.47. The van der Waals surface area contributed by atoms with Gasteiger partial charge in [0.05, 0.1) is 16.6 Å². The Morgan fingerprint density at radius 3 is 2.40 bits per heavy atom. The second-order valence-electron chi connectivity index (χ2n) is 5.97. The quantitative estimate of drug-likeness (QED) is 0.473. The van der Waals surface area contributed by atoms with Gasteiger partial charge in [0.25, 0.3) is 0 Å². The number of aromatic nitrogens is 2. The zero-order valence-electron chi connectivity index (χ0n) is 13.6. The third-order valence-corrected chi connectivity index (χ3v) is 5.06. The Morgan fingerprint density at radius 1 is 1.12 bits per heavy atom. The van der Waals surface area contributed by atoms with Crippen LogP contribution in [0, 0.1) is 0 Å². The van der Waals surface area contributed by atoms with Crippen LogP contribution in [0.3, 0.4) is 0 Å². The third-order valence-electron chi connectivity index (χ3n) is 3.78. The summed E-state index contributed by atoms with van der Waals surface area (Å²) in [4.78, 5) is 4.44. The van der Waals surface area contributed by atoms with E-state index < -0.39 is 11.7 Å². The summed E-state index contributed by atoms with van der Waals surface area (Å²) in [5.74, 6) is 0.666. The number of imidazole rings is 1. The Morgan fingerprint density at radius 2 is 1.80 bits per heavy atom. The van der Waals surface area contributed by atoms with E-state index in [1.165, 1.54) is 17.8 Å². The number of benzene rings is 2. The van der Waals surface area contributed by atoms with Crippen LogP contribution in [0.15, 0.2) is 47.6 Å². The number of halogens is 4. The summed E-state index contributed by atoms with van der Waals surface area (Å²) in [6, 6.07) is 11.3. The molecule has 0 spiro atoms. The zero-order valence-corrected chi connectivity index (χ0v) is 15.2. The molecule has 0 aliphatic carbocycles. The molecule has 0 bridgehead atoms. The monoisotopic (exact) mass is 384 g/mol. The maximum absolute atomic E-state index is 12.9. The standard InChI is InChI=1S/C18H16ClF3N2S/c1-11(2)24-16-8-5-13(18(20,21)22)9-15(16)23-17(24)25-10-12-3-6-14(19)7-4-12/h3-9,11H,10H2,1-2H3. The van der Waals surface area contributed by atoms with Gasteiger partial charge in [-0.15, -0.1) is 0 Å². The van der Waals surface area contributed by atoms with Crippen molar-refractivity contribution < 1.29 is 13.2 Å². The fourth-order valence-corrected chi connectivity index (χ4v) is 3.81. The van der Waals surface area contributed by atoms with Crippen LogP contribution in [0.5, 0.6) is 0 Å². The van der Waals surface area contributed by atoms with Gasteiger partial charge in [-0.3, -0.25) is 0 Å². The molecular weight excluding hydrogens is 369 g/mol. The molecule has 0 unspecified atom stereocenters. The fraction of sp³-hybridized carbons (Fsp3) is 0.278. The van der Waals surface area contributed by atoms with E-state index in [0.29, 0.717) is 27.0 Å². The predicted molar refractivity (Wildman–Crippen MR) is 96.1 cm³/mol. The first-order valence-corrected chi connectivity index (χ1v) is 9.08. The van der Waals surface area contributed by atoms with Crippen LogP contribution in [0.25, 0.3) is 11.0 Å². The smallest absolute Gasteiger partial charge is 0.316 e. The number of thioether (sulfide) groups is 1. The van der Waals surface area contributed by atoms with Gasteiger partial charge in [0.1, 0.15) is 0 Å². The lowest BCUT2D eigenvalue weighted by atomic mass is 10.2. The van der Waals surface area contributed by atoms with E-state index in [1.54, 1.807) is 0 Å². The van der Waals surface area contributed by atoms with Crippen LogP contribution in [-0.2, 0) is 11.9 Å². The Hall–Kier alpha value is -1.66. The summed E-state index contributed by atoms with van der Waals surface area (Å²) in [6.45, 7) is 3.98.